The fraction of sp³-hybridized carbons (Fsp3) is 0.133. The highest BCUT2D eigenvalue weighted by atomic mass is 15.0. The lowest BCUT2D eigenvalue weighted by atomic mass is 10.2. The molecule has 2 rings (SSSR count). The highest BCUT2D eigenvalue weighted by Gasteiger charge is 2.00. The van der Waals surface area contributed by atoms with E-state index in [9.17, 15) is 0 Å². The lowest BCUT2D eigenvalue weighted by Gasteiger charge is -2.09. The van der Waals surface area contributed by atoms with Gasteiger partial charge >= 0.3 is 0 Å². The molecule has 2 aromatic rings. The summed E-state index contributed by atoms with van der Waals surface area (Å²) in [7, 11) is 1.91. The first-order valence-electron chi connectivity index (χ1n) is 6.12. The normalized spacial score (nSPS) is 9.95. The van der Waals surface area contributed by atoms with Gasteiger partial charge in [-0.15, -0.1) is 0 Å². The van der Waals surface area contributed by atoms with Gasteiger partial charge in [0.15, 0.2) is 0 Å². The highest BCUT2D eigenvalue weighted by molar-refractivity contribution is 5.62. The van der Waals surface area contributed by atoms with Gasteiger partial charge in [-0.05, 0) is 29.8 Å². The van der Waals surface area contributed by atoms with Crippen molar-refractivity contribution >= 4 is 23.4 Å². The highest BCUT2D eigenvalue weighted by Crippen LogP contribution is 2.16. The number of pyridine rings is 1. The van der Waals surface area contributed by atoms with Crippen LogP contribution in [0.2, 0.25) is 0 Å². The van der Waals surface area contributed by atoms with Crippen LogP contribution in [0, 0.1) is 0 Å². The Kier molecular flexibility index (Phi) is 4.03. The fourth-order valence-corrected chi connectivity index (χ4v) is 1.79. The molecule has 0 saturated carbocycles. The molecule has 0 aliphatic rings. The fourth-order valence-electron chi connectivity index (χ4n) is 1.79. The lowest BCUT2D eigenvalue weighted by molar-refractivity contribution is 1.11. The molecule has 0 bridgehead atoms. The minimum atomic E-state index is 0.490. The van der Waals surface area contributed by atoms with E-state index in [-0.39, 0.29) is 0 Å². The van der Waals surface area contributed by atoms with E-state index >= 15 is 0 Å². The summed E-state index contributed by atoms with van der Waals surface area (Å²) in [5, 5.41) is 6.37. The maximum absolute atomic E-state index is 5.81. The predicted molar refractivity (Wildman–Crippen MR) is 82.1 cm³/mol. The van der Waals surface area contributed by atoms with Crippen molar-refractivity contribution in [2.24, 2.45) is 0 Å². The molecule has 0 atom stereocenters. The molecule has 0 fully saturated rings. The predicted octanol–water partition coefficient (Wildman–Crippen LogP) is 2.96. The minimum absolute atomic E-state index is 0.490. The lowest BCUT2D eigenvalue weighted by Crippen LogP contribution is -2.04. The van der Waals surface area contributed by atoms with E-state index in [1.807, 2.05) is 31.3 Å². The average Bonchev–Trinajstić information content (AvgIpc) is 2.45. The Hall–Kier alpha value is -2.49. The summed E-state index contributed by atoms with van der Waals surface area (Å²) in [6, 6.07) is 12.0. The first-order chi connectivity index (χ1) is 9.22. The number of nitrogens with two attached hydrogens (primary N) is 1. The van der Waals surface area contributed by atoms with Crippen molar-refractivity contribution in [3.8, 4) is 0 Å². The van der Waals surface area contributed by atoms with Gasteiger partial charge in [-0.1, -0.05) is 24.8 Å². The Morgan fingerprint density at radius 3 is 2.84 bits per heavy atom. The number of aromatic nitrogens is 1. The van der Waals surface area contributed by atoms with Gasteiger partial charge in [0.25, 0.3) is 0 Å². The first-order valence-corrected chi connectivity index (χ1v) is 6.12. The average molecular weight is 254 g/mol. The van der Waals surface area contributed by atoms with Crippen molar-refractivity contribution in [2.45, 2.75) is 6.54 Å². The smallest absolute Gasteiger partial charge is 0.133 e. The topological polar surface area (TPSA) is 63.0 Å². The SMILES string of the molecule is C=Cc1ccc(NCc2cccc(NC)c2)nc1N. The monoisotopic (exact) mass is 254 g/mol. The van der Waals surface area contributed by atoms with Crippen LogP contribution < -0.4 is 16.4 Å². The van der Waals surface area contributed by atoms with Gasteiger partial charge in [0.1, 0.15) is 11.6 Å². The first kappa shape index (κ1) is 13.0. The van der Waals surface area contributed by atoms with Gasteiger partial charge in [0.05, 0.1) is 0 Å². The standard InChI is InChI=1S/C15H18N4/c1-3-12-7-8-14(19-15(12)16)18-10-11-5-4-6-13(9-11)17-2/h3-9,17H,1,10H2,2H3,(H3,16,18,19). The zero-order valence-electron chi connectivity index (χ0n) is 11.0. The number of anilines is 3. The van der Waals surface area contributed by atoms with E-state index < -0.39 is 0 Å². The molecule has 0 radical (unpaired) electrons. The van der Waals surface area contributed by atoms with E-state index in [0.717, 1.165) is 17.1 Å². The Balaban J connectivity index is 2.05. The second-order valence-electron chi connectivity index (χ2n) is 4.18. The molecule has 0 unspecified atom stereocenters. The summed E-state index contributed by atoms with van der Waals surface area (Å²) in [4.78, 5) is 4.28. The van der Waals surface area contributed by atoms with Crippen molar-refractivity contribution in [1.29, 1.82) is 0 Å². The molecule has 19 heavy (non-hydrogen) atoms. The van der Waals surface area contributed by atoms with Crippen molar-refractivity contribution < 1.29 is 0 Å². The summed E-state index contributed by atoms with van der Waals surface area (Å²) in [6.45, 7) is 4.39. The molecule has 0 amide bonds. The van der Waals surface area contributed by atoms with Gasteiger partial charge in [-0.25, -0.2) is 4.98 Å². The van der Waals surface area contributed by atoms with Crippen LogP contribution in [0.3, 0.4) is 0 Å². The third-order valence-electron chi connectivity index (χ3n) is 2.87. The summed E-state index contributed by atoms with van der Waals surface area (Å²) < 4.78 is 0. The van der Waals surface area contributed by atoms with Crippen LogP contribution in [0.4, 0.5) is 17.3 Å². The van der Waals surface area contributed by atoms with Crippen LogP contribution in [0.25, 0.3) is 6.08 Å². The van der Waals surface area contributed by atoms with Crippen molar-refractivity contribution in [1.82, 2.24) is 4.98 Å². The quantitative estimate of drug-likeness (QED) is 0.767. The van der Waals surface area contributed by atoms with E-state index in [4.69, 9.17) is 5.73 Å². The zero-order chi connectivity index (χ0) is 13.7. The Bertz CT molecular complexity index is 578. The number of hydrogen-bond acceptors (Lipinski definition) is 4. The molecule has 0 aliphatic heterocycles. The zero-order valence-corrected chi connectivity index (χ0v) is 11.0. The molecule has 1 aromatic heterocycles. The number of hydrogen-bond donors (Lipinski definition) is 3. The van der Waals surface area contributed by atoms with E-state index in [1.165, 1.54) is 5.56 Å². The Morgan fingerprint density at radius 2 is 2.16 bits per heavy atom. The molecule has 0 saturated heterocycles. The molecular weight excluding hydrogens is 236 g/mol. The molecule has 1 heterocycles. The second-order valence-corrected chi connectivity index (χ2v) is 4.18. The molecule has 0 aliphatic carbocycles. The largest absolute Gasteiger partial charge is 0.388 e. The Morgan fingerprint density at radius 1 is 1.32 bits per heavy atom. The van der Waals surface area contributed by atoms with Gasteiger partial charge in [-0.2, -0.15) is 0 Å². The maximum Gasteiger partial charge on any atom is 0.133 e. The molecule has 4 heteroatoms. The number of benzene rings is 1. The molecule has 98 valence electrons. The van der Waals surface area contributed by atoms with Gasteiger partial charge in [0.2, 0.25) is 0 Å². The van der Waals surface area contributed by atoms with Crippen molar-refractivity contribution in [3.05, 3.63) is 54.1 Å². The summed E-state index contributed by atoms with van der Waals surface area (Å²) >= 11 is 0. The van der Waals surface area contributed by atoms with Crippen LogP contribution >= 0.6 is 0 Å². The molecular formula is C15H18N4. The molecule has 1 aromatic carbocycles. The van der Waals surface area contributed by atoms with Gasteiger partial charge < -0.3 is 16.4 Å². The van der Waals surface area contributed by atoms with E-state index in [0.29, 0.717) is 12.4 Å². The third kappa shape index (κ3) is 3.25. The van der Waals surface area contributed by atoms with E-state index in [1.54, 1.807) is 6.08 Å². The van der Waals surface area contributed by atoms with Gasteiger partial charge in [-0.3, -0.25) is 0 Å². The maximum atomic E-state index is 5.81. The van der Waals surface area contributed by atoms with Crippen molar-refractivity contribution in [2.75, 3.05) is 23.4 Å². The minimum Gasteiger partial charge on any atom is -0.388 e. The number of rotatable bonds is 5. The summed E-state index contributed by atoms with van der Waals surface area (Å²) in [5.41, 5.74) is 8.94. The second kappa shape index (κ2) is 5.91. The van der Waals surface area contributed by atoms with Gasteiger partial charge in [0, 0.05) is 24.8 Å². The van der Waals surface area contributed by atoms with Crippen LogP contribution in [0.1, 0.15) is 11.1 Å². The molecule has 4 nitrogen and oxygen atoms in total. The van der Waals surface area contributed by atoms with Crippen LogP contribution in [-0.2, 0) is 6.54 Å². The number of nitrogen functional groups attached to an aromatic ring is 1. The molecule has 0 spiro atoms. The van der Waals surface area contributed by atoms with Crippen LogP contribution in [-0.4, -0.2) is 12.0 Å². The molecule has 4 N–H and O–H groups in total. The third-order valence-corrected chi connectivity index (χ3v) is 2.87. The summed E-state index contributed by atoms with van der Waals surface area (Å²) in [6.07, 6.45) is 1.70. The summed E-state index contributed by atoms with van der Waals surface area (Å²) in [5.74, 6) is 1.25. The van der Waals surface area contributed by atoms with Crippen molar-refractivity contribution in [3.63, 3.8) is 0 Å². The number of nitrogens with one attached hydrogen (secondary N) is 2. The Labute approximate surface area is 113 Å². The van der Waals surface area contributed by atoms with Crippen LogP contribution in [0.5, 0.6) is 0 Å². The van der Waals surface area contributed by atoms with Crippen LogP contribution in [0.15, 0.2) is 43.0 Å². The number of nitrogens with zero attached hydrogens (tertiary/aromatic N) is 1. The van der Waals surface area contributed by atoms with E-state index in [2.05, 4.69) is 34.3 Å².